The summed E-state index contributed by atoms with van der Waals surface area (Å²) in [4.78, 5) is 25.1. The van der Waals surface area contributed by atoms with Crippen LogP contribution < -0.4 is 0 Å². The molecule has 0 aliphatic rings. The molecule has 8 nitrogen and oxygen atoms in total. The second-order valence-corrected chi connectivity index (χ2v) is 6.66. The lowest BCUT2D eigenvalue weighted by atomic mass is 9.99. The Bertz CT molecular complexity index is 1200. The Morgan fingerprint density at radius 1 is 1.21 bits per heavy atom. The molecule has 0 atom stereocenters. The Balaban J connectivity index is 1.83. The van der Waals surface area contributed by atoms with Gasteiger partial charge in [-0.05, 0) is 41.1 Å². The van der Waals surface area contributed by atoms with Crippen LogP contribution in [0.5, 0.6) is 0 Å². The maximum Gasteiger partial charge on any atom is 0.305 e. The summed E-state index contributed by atoms with van der Waals surface area (Å²) in [7, 11) is 1.32. The van der Waals surface area contributed by atoms with Crippen LogP contribution in [0.1, 0.15) is 28.1 Å². The minimum Gasteiger partial charge on any atom is -0.469 e. The zero-order valence-electron chi connectivity index (χ0n) is 15.3. The molecule has 0 saturated heterocycles. The predicted molar refractivity (Wildman–Crippen MR) is 104 cm³/mol. The number of esters is 1. The van der Waals surface area contributed by atoms with E-state index in [4.69, 9.17) is 20.8 Å². The highest BCUT2D eigenvalue weighted by atomic mass is 35.5. The molecule has 0 fully saturated rings. The van der Waals surface area contributed by atoms with Crippen molar-refractivity contribution in [3.63, 3.8) is 0 Å². The molecule has 0 N–H and O–H groups in total. The lowest BCUT2D eigenvalue weighted by molar-refractivity contribution is -0.140. The smallest absolute Gasteiger partial charge is 0.305 e. The van der Waals surface area contributed by atoms with Crippen molar-refractivity contribution in [2.24, 2.45) is 0 Å². The highest BCUT2D eigenvalue weighted by Crippen LogP contribution is 2.32. The summed E-state index contributed by atoms with van der Waals surface area (Å²) in [6, 6.07) is 12.1. The Morgan fingerprint density at radius 2 is 2.03 bits per heavy atom. The lowest BCUT2D eigenvalue weighted by Crippen LogP contribution is -2.10. The highest BCUT2D eigenvalue weighted by Gasteiger charge is 2.25. The summed E-state index contributed by atoms with van der Waals surface area (Å²) in [6.07, 6.45) is 1.81. The van der Waals surface area contributed by atoms with Crippen molar-refractivity contribution in [2.75, 3.05) is 7.11 Å². The number of carbonyl (C=O) groups is 2. The first-order chi connectivity index (χ1) is 14.1. The van der Waals surface area contributed by atoms with E-state index in [1.807, 2.05) is 0 Å². The Morgan fingerprint density at radius 3 is 2.79 bits per heavy atom. The number of rotatable bonds is 6. The standard InChI is InChI=1S/C20H15ClN4O4/c1-28-18(26)9-8-14-13-7-6-12(21)10-17(13)29-20(14)19(27)15-4-2-3-5-16(15)25-11-22-23-24-25/h2-7,10-11H,8-9H2,1H3. The van der Waals surface area contributed by atoms with Crippen molar-refractivity contribution in [3.8, 4) is 5.69 Å². The Hall–Kier alpha value is -3.52. The normalized spacial score (nSPS) is 11.0. The van der Waals surface area contributed by atoms with Gasteiger partial charge in [0.15, 0.2) is 5.76 Å². The van der Waals surface area contributed by atoms with Crippen LogP contribution in [0.25, 0.3) is 16.7 Å². The summed E-state index contributed by atoms with van der Waals surface area (Å²) in [5.41, 5.74) is 1.98. The number of aromatic nitrogens is 4. The fourth-order valence-electron chi connectivity index (χ4n) is 3.14. The van der Waals surface area contributed by atoms with Gasteiger partial charge in [0.2, 0.25) is 5.78 Å². The van der Waals surface area contributed by atoms with E-state index < -0.39 is 0 Å². The van der Waals surface area contributed by atoms with Gasteiger partial charge in [0.1, 0.15) is 11.9 Å². The number of tetrazole rings is 1. The van der Waals surface area contributed by atoms with Crippen LogP contribution in [-0.2, 0) is 16.0 Å². The van der Waals surface area contributed by atoms with E-state index in [2.05, 4.69) is 15.5 Å². The number of ketones is 1. The number of carbonyl (C=O) groups excluding carboxylic acids is 2. The molecule has 29 heavy (non-hydrogen) atoms. The molecule has 0 unspecified atom stereocenters. The summed E-state index contributed by atoms with van der Waals surface area (Å²) < 4.78 is 12.0. The molecule has 4 rings (SSSR count). The maximum atomic E-state index is 13.4. The first-order valence-corrected chi connectivity index (χ1v) is 9.11. The van der Waals surface area contributed by atoms with Crippen LogP contribution in [0.15, 0.2) is 53.2 Å². The average molecular weight is 411 g/mol. The molecule has 2 aromatic heterocycles. The molecule has 0 amide bonds. The zero-order chi connectivity index (χ0) is 20.4. The van der Waals surface area contributed by atoms with Crippen molar-refractivity contribution in [3.05, 3.63) is 70.7 Å². The third kappa shape index (κ3) is 3.62. The number of aryl methyl sites for hydroxylation is 1. The number of para-hydroxylation sites is 1. The molecule has 9 heteroatoms. The SMILES string of the molecule is COC(=O)CCc1c(C(=O)c2ccccc2-n2cnnn2)oc2cc(Cl)ccc12. The van der Waals surface area contributed by atoms with Gasteiger partial charge in [-0.2, -0.15) is 4.68 Å². The van der Waals surface area contributed by atoms with Gasteiger partial charge >= 0.3 is 5.97 Å². The van der Waals surface area contributed by atoms with Crippen molar-refractivity contribution in [2.45, 2.75) is 12.8 Å². The average Bonchev–Trinajstić information content (AvgIpc) is 3.39. The fraction of sp³-hybridized carbons (Fsp3) is 0.150. The number of halogens is 1. The van der Waals surface area contributed by atoms with Crippen LogP contribution in [0.3, 0.4) is 0 Å². The van der Waals surface area contributed by atoms with Crippen molar-refractivity contribution >= 4 is 34.3 Å². The number of nitrogens with zero attached hydrogens (tertiary/aromatic N) is 4. The van der Waals surface area contributed by atoms with E-state index in [0.717, 1.165) is 5.39 Å². The number of hydrogen-bond acceptors (Lipinski definition) is 7. The molecule has 2 aromatic carbocycles. The second kappa shape index (κ2) is 7.84. The molecule has 146 valence electrons. The van der Waals surface area contributed by atoms with E-state index in [9.17, 15) is 9.59 Å². The Labute approximate surface area is 170 Å². The quantitative estimate of drug-likeness (QED) is 0.354. The number of benzene rings is 2. The molecule has 0 radical (unpaired) electrons. The van der Waals surface area contributed by atoms with E-state index >= 15 is 0 Å². The minimum absolute atomic E-state index is 0.114. The summed E-state index contributed by atoms with van der Waals surface area (Å²) in [5.74, 6) is -0.573. The summed E-state index contributed by atoms with van der Waals surface area (Å²) >= 11 is 6.08. The van der Waals surface area contributed by atoms with E-state index in [1.165, 1.54) is 18.1 Å². The van der Waals surface area contributed by atoms with Crippen LogP contribution >= 0.6 is 11.6 Å². The van der Waals surface area contributed by atoms with E-state index in [1.54, 1.807) is 42.5 Å². The molecule has 0 bridgehead atoms. The first kappa shape index (κ1) is 18.8. The summed E-state index contributed by atoms with van der Waals surface area (Å²) in [6.45, 7) is 0. The van der Waals surface area contributed by atoms with Gasteiger partial charge in [0.25, 0.3) is 0 Å². The van der Waals surface area contributed by atoms with Gasteiger partial charge in [-0.3, -0.25) is 9.59 Å². The first-order valence-electron chi connectivity index (χ1n) is 8.73. The van der Waals surface area contributed by atoms with Gasteiger partial charge in [-0.25, -0.2) is 0 Å². The largest absolute Gasteiger partial charge is 0.469 e. The third-order valence-electron chi connectivity index (χ3n) is 4.51. The maximum absolute atomic E-state index is 13.4. The lowest BCUT2D eigenvalue weighted by Gasteiger charge is -2.07. The van der Waals surface area contributed by atoms with Crippen LogP contribution in [0.4, 0.5) is 0 Å². The Kier molecular flexibility index (Phi) is 5.09. The molecule has 0 spiro atoms. The monoisotopic (exact) mass is 410 g/mol. The number of fused-ring (bicyclic) bond motifs is 1. The van der Waals surface area contributed by atoms with Crippen LogP contribution in [-0.4, -0.2) is 39.1 Å². The van der Waals surface area contributed by atoms with Gasteiger partial charge in [0, 0.05) is 28.5 Å². The molecule has 0 aliphatic carbocycles. The number of hydrogen-bond donors (Lipinski definition) is 0. The van der Waals surface area contributed by atoms with Gasteiger partial charge in [-0.15, -0.1) is 5.10 Å². The van der Waals surface area contributed by atoms with E-state index in [0.29, 0.717) is 27.4 Å². The van der Waals surface area contributed by atoms with Crippen LogP contribution in [0, 0.1) is 0 Å². The second-order valence-electron chi connectivity index (χ2n) is 6.23. The number of methoxy groups -OCH3 is 1. The number of ether oxygens (including phenoxy) is 1. The molecular weight excluding hydrogens is 396 g/mol. The molecule has 0 saturated carbocycles. The minimum atomic E-state index is -0.374. The van der Waals surface area contributed by atoms with Gasteiger partial charge in [0.05, 0.1) is 18.4 Å². The fourth-order valence-corrected chi connectivity index (χ4v) is 3.31. The van der Waals surface area contributed by atoms with Crippen molar-refractivity contribution in [1.82, 2.24) is 20.2 Å². The van der Waals surface area contributed by atoms with Crippen molar-refractivity contribution in [1.29, 1.82) is 0 Å². The molecular formula is C20H15ClN4O4. The van der Waals surface area contributed by atoms with E-state index in [-0.39, 0.29) is 30.4 Å². The van der Waals surface area contributed by atoms with Gasteiger partial charge in [-0.1, -0.05) is 23.7 Å². The summed E-state index contributed by atoms with van der Waals surface area (Å²) in [5, 5.41) is 12.3. The highest BCUT2D eigenvalue weighted by molar-refractivity contribution is 6.31. The van der Waals surface area contributed by atoms with Crippen molar-refractivity contribution < 1.29 is 18.7 Å². The van der Waals surface area contributed by atoms with Gasteiger partial charge < -0.3 is 9.15 Å². The van der Waals surface area contributed by atoms with Crippen LogP contribution in [0.2, 0.25) is 5.02 Å². The third-order valence-corrected chi connectivity index (χ3v) is 4.75. The zero-order valence-corrected chi connectivity index (χ0v) is 16.1. The predicted octanol–water partition coefficient (Wildman–Crippen LogP) is 3.40. The molecule has 4 aromatic rings. The topological polar surface area (TPSA) is 100 Å². The molecule has 2 heterocycles. The molecule has 0 aliphatic heterocycles. The number of furan rings is 1.